The van der Waals surface area contributed by atoms with Crippen LogP contribution in [0.2, 0.25) is 0 Å². The zero-order valence-electron chi connectivity index (χ0n) is 13.2. The standard InChI is InChI=1S/C17H24N2O2/c1-13-8-9-15(7-5-6-10-20)16(11-13)17(21)18-12-14(2)19(3)4/h8-9,11,14,20H,6,10,12H2,1-4H3,(H,18,21). The molecule has 4 nitrogen and oxygen atoms in total. The lowest BCUT2D eigenvalue weighted by Gasteiger charge is -2.20. The molecule has 1 rings (SSSR count). The third kappa shape index (κ3) is 5.58. The molecule has 0 saturated heterocycles. The van der Waals surface area contributed by atoms with E-state index in [9.17, 15) is 4.79 Å². The Morgan fingerprint density at radius 3 is 2.76 bits per heavy atom. The summed E-state index contributed by atoms with van der Waals surface area (Å²) in [6, 6.07) is 5.90. The number of nitrogens with zero attached hydrogens (tertiary/aromatic N) is 1. The molecule has 1 aromatic carbocycles. The quantitative estimate of drug-likeness (QED) is 0.806. The van der Waals surface area contributed by atoms with Crippen LogP contribution >= 0.6 is 0 Å². The molecule has 0 spiro atoms. The molecule has 0 saturated carbocycles. The predicted molar refractivity (Wildman–Crippen MR) is 85.2 cm³/mol. The highest BCUT2D eigenvalue weighted by molar-refractivity contribution is 5.97. The molecule has 0 radical (unpaired) electrons. The fraction of sp³-hybridized carbons (Fsp3) is 0.471. The van der Waals surface area contributed by atoms with E-state index >= 15 is 0 Å². The van der Waals surface area contributed by atoms with Crippen molar-refractivity contribution in [2.75, 3.05) is 27.2 Å². The first-order valence-corrected chi connectivity index (χ1v) is 7.10. The summed E-state index contributed by atoms with van der Waals surface area (Å²) in [5, 5.41) is 11.7. The van der Waals surface area contributed by atoms with Crippen LogP contribution in [0, 0.1) is 18.8 Å². The van der Waals surface area contributed by atoms with Crippen molar-refractivity contribution in [1.29, 1.82) is 0 Å². The van der Waals surface area contributed by atoms with Gasteiger partial charge in [-0.15, -0.1) is 0 Å². The minimum Gasteiger partial charge on any atom is -0.395 e. The van der Waals surface area contributed by atoms with Crippen molar-refractivity contribution >= 4 is 5.91 Å². The summed E-state index contributed by atoms with van der Waals surface area (Å²) in [6.45, 7) is 4.62. The van der Waals surface area contributed by atoms with Gasteiger partial charge in [0.1, 0.15) is 0 Å². The smallest absolute Gasteiger partial charge is 0.252 e. The Hall–Kier alpha value is -1.83. The van der Waals surface area contributed by atoms with Gasteiger partial charge < -0.3 is 15.3 Å². The van der Waals surface area contributed by atoms with Crippen LogP contribution in [0.5, 0.6) is 0 Å². The van der Waals surface area contributed by atoms with E-state index in [2.05, 4.69) is 29.0 Å². The number of likely N-dealkylation sites (N-methyl/N-ethyl adjacent to an activating group) is 1. The van der Waals surface area contributed by atoms with E-state index in [1.165, 1.54) is 0 Å². The Labute approximate surface area is 127 Å². The highest BCUT2D eigenvalue weighted by Gasteiger charge is 2.12. The largest absolute Gasteiger partial charge is 0.395 e. The molecule has 0 aliphatic rings. The summed E-state index contributed by atoms with van der Waals surface area (Å²) >= 11 is 0. The normalized spacial score (nSPS) is 11.7. The predicted octanol–water partition coefficient (Wildman–Crippen LogP) is 1.41. The molecule has 0 aliphatic carbocycles. The molecule has 1 atom stereocenters. The van der Waals surface area contributed by atoms with E-state index in [4.69, 9.17) is 5.11 Å². The maximum atomic E-state index is 12.3. The molecule has 114 valence electrons. The van der Waals surface area contributed by atoms with E-state index in [1.807, 2.05) is 39.2 Å². The maximum Gasteiger partial charge on any atom is 0.252 e. The molecule has 21 heavy (non-hydrogen) atoms. The minimum atomic E-state index is -0.110. The van der Waals surface area contributed by atoms with E-state index < -0.39 is 0 Å². The van der Waals surface area contributed by atoms with Crippen LogP contribution in [-0.2, 0) is 0 Å². The van der Waals surface area contributed by atoms with Crippen LogP contribution in [0.25, 0.3) is 0 Å². The summed E-state index contributed by atoms with van der Waals surface area (Å²) < 4.78 is 0. The van der Waals surface area contributed by atoms with Crippen molar-refractivity contribution in [2.24, 2.45) is 0 Å². The molecule has 0 heterocycles. The second-order valence-corrected chi connectivity index (χ2v) is 5.35. The van der Waals surface area contributed by atoms with Crippen LogP contribution in [0.3, 0.4) is 0 Å². The Balaban J connectivity index is 2.87. The van der Waals surface area contributed by atoms with Crippen molar-refractivity contribution in [2.45, 2.75) is 26.3 Å². The Kier molecular flexibility index (Phi) is 6.93. The summed E-state index contributed by atoms with van der Waals surface area (Å²) in [6.07, 6.45) is 0.409. The number of rotatable bonds is 5. The van der Waals surface area contributed by atoms with Gasteiger partial charge in [-0.25, -0.2) is 0 Å². The van der Waals surface area contributed by atoms with Gasteiger partial charge in [-0.05, 0) is 40.1 Å². The number of aryl methyl sites for hydroxylation is 1. The van der Waals surface area contributed by atoms with Gasteiger partial charge >= 0.3 is 0 Å². The maximum absolute atomic E-state index is 12.3. The number of hydrogen-bond donors (Lipinski definition) is 2. The number of hydrogen-bond acceptors (Lipinski definition) is 3. The molecule has 2 N–H and O–H groups in total. The lowest BCUT2D eigenvalue weighted by molar-refractivity contribution is 0.0943. The number of aliphatic hydroxyl groups excluding tert-OH is 1. The van der Waals surface area contributed by atoms with Gasteiger partial charge in [0.2, 0.25) is 0 Å². The zero-order valence-corrected chi connectivity index (χ0v) is 13.2. The first-order chi connectivity index (χ1) is 9.95. The van der Waals surface area contributed by atoms with Gasteiger partial charge in [-0.1, -0.05) is 23.5 Å². The van der Waals surface area contributed by atoms with Crippen molar-refractivity contribution < 1.29 is 9.90 Å². The topological polar surface area (TPSA) is 52.6 Å². The second-order valence-electron chi connectivity index (χ2n) is 5.35. The number of nitrogens with one attached hydrogen (secondary N) is 1. The summed E-state index contributed by atoms with van der Waals surface area (Å²) in [4.78, 5) is 14.4. The molecule has 1 amide bonds. The molecule has 1 unspecified atom stereocenters. The van der Waals surface area contributed by atoms with E-state index in [1.54, 1.807) is 0 Å². The van der Waals surface area contributed by atoms with Crippen LogP contribution in [0.4, 0.5) is 0 Å². The first-order valence-electron chi connectivity index (χ1n) is 7.10. The van der Waals surface area contributed by atoms with Gasteiger partial charge in [0.05, 0.1) is 12.2 Å². The second kappa shape index (κ2) is 8.46. The van der Waals surface area contributed by atoms with Crippen molar-refractivity contribution in [3.63, 3.8) is 0 Å². The molecule has 1 aromatic rings. The summed E-state index contributed by atoms with van der Waals surface area (Å²) in [7, 11) is 3.96. The van der Waals surface area contributed by atoms with Gasteiger partial charge in [0.15, 0.2) is 0 Å². The molecule has 0 aliphatic heterocycles. The molecule has 0 aromatic heterocycles. The number of benzene rings is 1. The third-order valence-electron chi connectivity index (χ3n) is 3.32. The van der Waals surface area contributed by atoms with Gasteiger partial charge in [-0.3, -0.25) is 4.79 Å². The molecule has 0 fully saturated rings. The monoisotopic (exact) mass is 288 g/mol. The molecular formula is C17H24N2O2. The lowest BCUT2D eigenvalue weighted by Crippen LogP contribution is -2.38. The van der Waals surface area contributed by atoms with E-state index in [-0.39, 0.29) is 18.6 Å². The van der Waals surface area contributed by atoms with Gasteiger partial charge in [0, 0.05) is 24.6 Å². The Morgan fingerprint density at radius 1 is 1.43 bits per heavy atom. The average molecular weight is 288 g/mol. The fourth-order valence-electron chi connectivity index (χ4n) is 1.69. The van der Waals surface area contributed by atoms with Crippen LogP contribution in [0.15, 0.2) is 18.2 Å². The number of carbonyl (C=O) groups excluding carboxylic acids is 1. The Bertz CT molecular complexity index is 541. The van der Waals surface area contributed by atoms with Crippen molar-refractivity contribution in [1.82, 2.24) is 10.2 Å². The highest BCUT2D eigenvalue weighted by atomic mass is 16.2. The Morgan fingerprint density at radius 2 is 2.14 bits per heavy atom. The zero-order chi connectivity index (χ0) is 15.8. The summed E-state index contributed by atoms with van der Waals surface area (Å²) in [5.74, 6) is 5.70. The van der Waals surface area contributed by atoms with Crippen molar-refractivity contribution in [3.05, 3.63) is 34.9 Å². The van der Waals surface area contributed by atoms with Crippen LogP contribution < -0.4 is 5.32 Å². The fourth-order valence-corrected chi connectivity index (χ4v) is 1.69. The van der Waals surface area contributed by atoms with E-state index in [0.717, 1.165) is 5.56 Å². The van der Waals surface area contributed by atoms with Gasteiger partial charge in [-0.2, -0.15) is 0 Å². The molecule has 0 bridgehead atoms. The molecular weight excluding hydrogens is 264 g/mol. The first kappa shape index (κ1) is 17.2. The third-order valence-corrected chi connectivity index (χ3v) is 3.32. The number of aliphatic hydroxyl groups is 1. The SMILES string of the molecule is Cc1ccc(C#CCCO)c(C(=O)NCC(C)N(C)C)c1. The average Bonchev–Trinajstić information content (AvgIpc) is 2.45. The minimum absolute atomic E-state index is 0.0285. The van der Waals surface area contributed by atoms with Crippen LogP contribution in [0.1, 0.15) is 34.8 Å². The molecule has 4 heteroatoms. The highest BCUT2D eigenvalue weighted by Crippen LogP contribution is 2.11. The lowest BCUT2D eigenvalue weighted by atomic mass is 10.0. The number of carbonyl (C=O) groups is 1. The number of amides is 1. The summed E-state index contributed by atoms with van der Waals surface area (Å²) in [5.41, 5.74) is 2.31. The van der Waals surface area contributed by atoms with Crippen LogP contribution in [-0.4, -0.2) is 49.2 Å². The van der Waals surface area contributed by atoms with E-state index in [0.29, 0.717) is 24.1 Å². The van der Waals surface area contributed by atoms with Gasteiger partial charge in [0.25, 0.3) is 5.91 Å². The van der Waals surface area contributed by atoms with Crippen molar-refractivity contribution in [3.8, 4) is 11.8 Å².